The van der Waals surface area contributed by atoms with Gasteiger partial charge in [0, 0.05) is 9.79 Å². The molecule has 2 heterocycles. The molecule has 0 N–H and O–H groups in total. The van der Waals surface area contributed by atoms with E-state index in [0.717, 1.165) is 0 Å². The van der Waals surface area contributed by atoms with Crippen molar-refractivity contribution in [1.29, 1.82) is 0 Å². The van der Waals surface area contributed by atoms with E-state index >= 15 is 0 Å². The lowest BCUT2D eigenvalue weighted by Gasteiger charge is -2.19. The van der Waals surface area contributed by atoms with Crippen molar-refractivity contribution >= 4 is 33.6 Å². The molecule has 1 aliphatic heterocycles. The summed E-state index contributed by atoms with van der Waals surface area (Å²) in [5, 5.41) is 2.58. The summed E-state index contributed by atoms with van der Waals surface area (Å²) in [4.78, 5) is 2.59. The fourth-order valence-corrected chi connectivity index (χ4v) is 5.87. The Morgan fingerprint density at radius 1 is 0.812 bits per heavy atom. The highest BCUT2D eigenvalue weighted by molar-refractivity contribution is 8.00. The first-order chi connectivity index (χ1) is 15.5. The molecule has 0 spiro atoms. The molecule has 32 heavy (non-hydrogen) atoms. The molecule has 158 valence electrons. The van der Waals surface area contributed by atoms with Gasteiger partial charge < -0.3 is 0 Å². The van der Waals surface area contributed by atoms with Gasteiger partial charge >= 0.3 is 0 Å². The molecule has 0 aliphatic carbocycles. The molecule has 0 unspecified atom stereocenters. The lowest BCUT2D eigenvalue weighted by Crippen LogP contribution is -2.32. The minimum atomic E-state index is 0.482. The lowest BCUT2D eigenvalue weighted by atomic mass is 9.95. The van der Waals surface area contributed by atoms with Gasteiger partial charge in [-0.2, -0.15) is 0 Å². The van der Waals surface area contributed by atoms with Gasteiger partial charge in [-0.3, -0.25) is 9.13 Å². The van der Waals surface area contributed by atoms with E-state index < -0.39 is 0 Å². The number of hydrogen-bond donors (Lipinski definition) is 0. The third-order valence-electron chi connectivity index (χ3n) is 6.51. The molecule has 0 saturated carbocycles. The third-order valence-corrected chi connectivity index (χ3v) is 7.69. The van der Waals surface area contributed by atoms with Crippen molar-refractivity contribution in [1.82, 2.24) is 4.57 Å². The summed E-state index contributed by atoms with van der Waals surface area (Å²) < 4.78 is 4.52. The standard InChI is InChI=1S/C29H26N2S/c1-18(2)21-14-22(19(3)4)16-23(15-21)30-17-31-26-13-12-20-8-5-6-9-24(20)29(26)32-27-11-7-10-25(30)28(27)31/h5-16,18-19H,1-4H3. The number of fused-ring (bicyclic) bond motifs is 4. The summed E-state index contributed by atoms with van der Waals surface area (Å²) in [5.41, 5.74) is 7.58. The van der Waals surface area contributed by atoms with Crippen LogP contribution >= 0.6 is 11.8 Å². The van der Waals surface area contributed by atoms with Crippen molar-refractivity contribution in [3.8, 4) is 11.4 Å². The zero-order valence-corrected chi connectivity index (χ0v) is 19.7. The molecular weight excluding hydrogens is 408 g/mol. The fraction of sp³-hybridized carbons (Fsp3) is 0.207. The van der Waals surface area contributed by atoms with Crippen LogP contribution in [0.25, 0.3) is 33.2 Å². The maximum atomic E-state index is 3.72. The summed E-state index contributed by atoms with van der Waals surface area (Å²) in [7, 11) is 0. The number of aromatic nitrogens is 2. The van der Waals surface area contributed by atoms with Crippen LogP contribution in [0.15, 0.2) is 82.6 Å². The van der Waals surface area contributed by atoms with Gasteiger partial charge in [-0.05, 0) is 51.9 Å². The van der Waals surface area contributed by atoms with Gasteiger partial charge in [0.05, 0.1) is 22.4 Å². The minimum Gasteiger partial charge on any atom is -0.292 e. The van der Waals surface area contributed by atoms with E-state index in [1.165, 1.54) is 54.1 Å². The molecule has 5 aromatic rings. The first-order valence-corrected chi connectivity index (χ1v) is 12.2. The minimum absolute atomic E-state index is 0.482. The Bertz CT molecular complexity index is 1480. The maximum Gasteiger partial charge on any atom is 0.269 e. The highest BCUT2D eigenvalue weighted by atomic mass is 32.2. The van der Waals surface area contributed by atoms with Gasteiger partial charge in [-0.1, -0.05) is 94.1 Å². The summed E-state index contributed by atoms with van der Waals surface area (Å²) >= 11 is 1.87. The fourth-order valence-electron chi connectivity index (χ4n) is 4.65. The van der Waals surface area contributed by atoms with Crippen LogP contribution in [0.1, 0.15) is 50.7 Å². The Balaban J connectivity index is 1.65. The van der Waals surface area contributed by atoms with Crippen LogP contribution in [0.5, 0.6) is 0 Å². The second-order valence-electron chi connectivity index (χ2n) is 9.30. The topological polar surface area (TPSA) is 8.81 Å². The van der Waals surface area contributed by atoms with Gasteiger partial charge in [0.15, 0.2) is 0 Å². The van der Waals surface area contributed by atoms with Crippen LogP contribution in [0.4, 0.5) is 0 Å². The number of imidazole rings is 1. The maximum absolute atomic E-state index is 3.72. The van der Waals surface area contributed by atoms with Crippen molar-refractivity contribution < 1.29 is 4.57 Å². The van der Waals surface area contributed by atoms with E-state index in [0.29, 0.717) is 11.8 Å². The van der Waals surface area contributed by atoms with Crippen LogP contribution in [0.3, 0.4) is 0 Å². The predicted octanol–water partition coefficient (Wildman–Crippen LogP) is 7.57. The Morgan fingerprint density at radius 3 is 2.31 bits per heavy atom. The van der Waals surface area contributed by atoms with Crippen molar-refractivity contribution in [2.45, 2.75) is 49.3 Å². The molecule has 2 nitrogen and oxygen atoms in total. The summed E-state index contributed by atoms with van der Waals surface area (Å²) in [5.74, 6) is 0.964. The number of nitrogens with zero attached hydrogens (tertiary/aromatic N) is 2. The molecule has 0 amide bonds. The highest BCUT2D eigenvalue weighted by Crippen LogP contribution is 2.43. The van der Waals surface area contributed by atoms with E-state index in [-0.39, 0.29) is 0 Å². The molecule has 6 rings (SSSR count). The summed E-state index contributed by atoms with van der Waals surface area (Å²) in [6.07, 6.45) is 3.72. The van der Waals surface area contributed by atoms with Crippen LogP contribution < -0.4 is 4.57 Å². The number of rotatable bonds is 3. The van der Waals surface area contributed by atoms with Crippen molar-refractivity contribution in [2.24, 2.45) is 0 Å². The Hall–Kier alpha value is -3.04. The molecule has 0 fully saturated rings. The zero-order chi connectivity index (χ0) is 22.0. The van der Waals surface area contributed by atoms with Crippen LogP contribution in [0, 0.1) is 6.33 Å². The van der Waals surface area contributed by atoms with Gasteiger partial charge in [-0.15, -0.1) is 0 Å². The van der Waals surface area contributed by atoms with Crippen LogP contribution in [-0.2, 0) is 0 Å². The smallest absolute Gasteiger partial charge is 0.269 e. The van der Waals surface area contributed by atoms with Gasteiger partial charge in [0.25, 0.3) is 6.33 Å². The quantitative estimate of drug-likeness (QED) is 0.206. The van der Waals surface area contributed by atoms with E-state index in [9.17, 15) is 0 Å². The zero-order valence-electron chi connectivity index (χ0n) is 18.9. The molecule has 0 saturated heterocycles. The second-order valence-corrected chi connectivity index (χ2v) is 10.4. The average molecular weight is 435 g/mol. The molecule has 3 heteroatoms. The van der Waals surface area contributed by atoms with Gasteiger partial charge in [0.1, 0.15) is 0 Å². The Morgan fingerprint density at radius 2 is 1.56 bits per heavy atom. The molecular formula is C29H26N2S. The number of hydrogen-bond acceptors (Lipinski definition) is 1. The van der Waals surface area contributed by atoms with E-state index in [2.05, 4.69) is 116 Å². The molecule has 4 aromatic carbocycles. The van der Waals surface area contributed by atoms with Crippen LogP contribution in [-0.4, -0.2) is 4.57 Å². The Kier molecular flexibility index (Phi) is 4.44. The van der Waals surface area contributed by atoms with E-state index in [1.807, 2.05) is 11.8 Å². The monoisotopic (exact) mass is 434 g/mol. The number of para-hydroxylation sites is 1. The summed E-state index contributed by atoms with van der Waals surface area (Å²) in [6.45, 7) is 9.08. The normalized spacial score (nSPS) is 12.8. The molecule has 1 aromatic heterocycles. The second kappa shape index (κ2) is 7.25. The first kappa shape index (κ1) is 19.6. The van der Waals surface area contributed by atoms with Gasteiger partial charge in [-0.25, -0.2) is 0 Å². The molecule has 0 radical (unpaired) electrons. The van der Waals surface area contributed by atoms with Crippen molar-refractivity contribution in [2.75, 3.05) is 0 Å². The SMILES string of the molecule is CC(C)c1cc(C(C)C)cc(-n2[c-][n+]3c4c(cccc42)Sc2c-3ccc3ccccc23)c1. The van der Waals surface area contributed by atoms with Crippen molar-refractivity contribution in [3.63, 3.8) is 0 Å². The van der Waals surface area contributed by atoms with E-state index in [4.69, 9.17) is 0 Å². The number of benzene rings is 4. The largest absolute Gasteiger partial charge is 0.292 e. The average Bonchev–Trinajstić information content (AvgIpc) is 3.20. The van der Waals surface area contributed by atoms with Crippen LogP contribution in [0.2, 0.25) is 0 Å². The molecule has 0 atom stereocenters. The van der Waals surface area contributed by atoms with Gasteiger partial charge in [0.2, 0.25) is 0 Å². The lowest BCUT2D eigenvalue weighted by molar-refractivity contribution is -0.576. The highest BCUT2D eigenvalue weighted by Gasteiger charge is 2.24. The summed E-state index contributed by atoms with van der Waals surface area (Å²) in [6, 6.07) is 26.8. The Labute approximate surface area is 193 Å². The predicted molar refractivity (Wildman–Crippen MR) is 133 cm³/mol. The third kappa shape index (κ3) is 2.91. The first-order valence-electron chi connectivity index (χ1n) is 11.4. The van der Waals surface area contributed by atoms with Crippen molar-refractivity contribution in [3.05, 3.63) is 90.3 Å². The van der Waals surface area contributed by atoms with E-state index in [1.54, 1.807) is 0 Å². The molecule has 1 aliphatic rings. The molecule has 0 bridgehead atoms.